The summed E-state index contributed by atoms with van der Waals surface area (Å²) >= 11 is 3.08. The van der Waals surface area contributed by atoms with Crippen LogP contribution in [-0.2, 0) is 6.42 Å². The van der Waals surface area contributed by atoms with E-state index in [1.54, 1.807) is 11.3 Å². The third-order valence-electron chi connectivity index (χ3n) is 1.90. The molecule has 0 saturated heterocycles. The van der Waals surface area contributed by atoms with Gasteiger partial charge in [0.15, 0.2) is 0 Å². The van der Waals surface area contributed by atoms with E-state index in [0.29, 0.717) is 0 Å². The molecule has 0 aliphatic rings. The fourth-order valence-electron chi connectivity index (χ4n) is 1.14. The highest BCUT2D eigenvalue weighted by molar-refractivity contribution is 7.10. The third-order valence-corrected chi connectivity index (χ3v) is 3.53. The maximum atomic E-state index is 3.81. The minimum atomic E-state index is 0.791. The molecule has 1 N–H and O–H groups in total. The minimum absolute atomic E-state index is 0.791. The minimum Gasteiger partial charge on any atom is -0.358 e. The monoisotopic (exact) mass is 226 g/mol. The van der Waals surface area contributed by atoms with E-state index in [-0.39, 0.29) is 0 Å². The first-order chi connectivity index (χ1) is 6.86. The predicted octanol–water partition coefficient (Wildman–Crippen LogP) is 1.96. The molecule has 14 heavy (non-hydrogen) atoms. The van der Waals surface area contributed by atoms with E-state index in [2.05, 4.69) is 38.5 Å². The molecule has 0 amide bonds. The number of rotatable bonds is 4. The second-order valence-corrected chi connectivity index (χ2v) is 4.60. The molecule has 0 aliphatic heterocycles. The first-order valence-corrected chi connectivity index (χ1v) is 5.93. The molecule has 0 spiro atoms. The van der Waals surface area contributed by atoms with E-state index in [0.717, 1.165) is 18.1 Å². The number of aromatic nitrogens is 3. The van der Waals surface area contributed by atoms with Gasteiger partial charge in [-0.25, -0.2) is 0 Å². The summed E-state index contributed by atoms with van der Waals surface area (Å²) < 4.78 is 3.68. The molecule has 0 fully saturated rings. The zero-order chi connectivity index (χ0) is 9.80. The summed E-state index contributed by atoms with van der Waals surface area (Å²) in [6.07, 6.45) is 1.03. The molecule has 6 heteroatoms. The van der Waals surface area contributed by atoms with Gasteiger partial charge in [0.05, 0.1) is 0 Å². The maximum Gasteiger partial charge on any atom is 0.225 e. The molecular weight excluding hydrogens is 216 g/mol. The first-order valence-electron chi connectivity index (χ1n) is 4.28. The van der Waals surface area contributed by atoms with Gasteiger partial charge in [0, 0.05) is 23.0 Å². The third kappa shape index (κ3) is 2.27. The zero-order valence-electron chi connectivity index (χ0n) is 7.73. The van der Waals surface area contributed by atoms with Crippen LogP contribution >= 0.6 is 22.9 Å². The van der Waals surface area contributed by atoms with Crippen molar-refractivity contribution in [2.24, 2.45) is 0 Å². The zero-order valence-corrected chi connectivity index (χ0v) is 9.36. The normalized spacial score (nSPS) is 10.4. The number of hydrogen-bond acceptors (Lipinski definition) is 6. The Morgan fingerprint density at radius 1 is 1.50 bits per heavy atom. The van der Waals surface area contributed by atoms with E-state index in [1.165, 1.54) is 22.0 Å². The summed E-state index contributed by atoms with van der Waals surface area (Å²) in [7, 11) is 0. The molecule has 2 aromatic heterocycles. The van der Waals surface area contributed by atoms with Crippen LogP contribution in [0.4, 0.5) is 5.13 Å². The van der Waals surface area contributed by atoms with E-state index >= 15 is 0 Å². The Bertz CT molecular complexity index is 382. The lowest BCUT2D eigenvalue weighted by molar-refractivity contribution is 0.943. The summed E-state index contributed by atoms with van der Waals surface area (Å²) in [5, 5.41) is 13.4. The van der Waals surface area contributed by atoms with Crippen molar-refractivity contribution in [3.63, 3.8) is 0 Å². The molecule has 0 unspecified atom stereocenters. The van der Waals surface area contributed by atoms with Crippen molar-refractivity contribution in [2.75, 3.05) is 11.9 Å². The van der Waals surface area contributed by atoms with E-state index in [4.69, 9.17) is 0 Å². The smallest absolute Gasteiger partial charge is 0.225 e. The Morgan fingerprint density at radius 2 is 2.43 bits per heavy atom. The summed E-state index contributed by atoms with van der Waals surface area (Å²) in [5.41, 5.74) is 1.37. The summed E-state index contributed by atoms with van der Waals surface area (Å²) in [6.45, 7) is 3.02. The van der Waals surface area contributed by atoms with Crippen LogP contribution in [0.5, 0.6) is 0 Å². The lowest BCUT2D eigenvalue weighted by Crippen LogP contribution is -2.04. The second kappa shape index (κ2) is 4.47. The Balaban J connectivity index is 1.81. The van der Waals surface area contributed by atoms with Gasteiger partial charge in [-0.15, -0.1) is 11.3 Å². The van der Waals surface area contributed by atoms with Gasteiger partial charge in [-0.3, -0.25) is 0 Å². The Labute approximate surface area is 90.2 Å². The van der Waals surface area contributed by atoms with Crippen LogP contribution in [0.3, 0.4) is 0 Å². The van der Waals surface area contributed by atoms with Crippen molar-refractivity contribution in [3.05, 3.63) is 21.9 Å². The van der Waals surface area contributed by atoms with Gasteiger partial charge < -0.3 is 5.32 Å². The molecule has 0 radical (unpaired) electrons. The standard InChI is InChI=1S/C8H10N4S2/c1-6-3-5-13-7(6)2-4-9-8-10-11-12-14-8/h3,5H,2,4H2,1H3,(H,9,10,12). The molecule has 2 rings (SSSR count). The van der Waals surface area contributed by atoms with E-state index in [9.17, 15) is 0 Å². The summed E-state index contributed by atoms with van der Waals surface area (Å²) in [4.78, 5) is 1.43. The average molecular weight is 226 g/mol. The number of anilines is 1. The van der Waals surface area contributed by atoms with Gasteiger partial charge in [-0.1, -0.05) is 9.59 Å². The topological polar surface area (TPSA) is 50.7 Å². The molecule has 2 heterocycles. The van der Waals surface area contributed by atoms with Crippen molar-refractivity contribution >= 4 is 28.0 Å². The lowest BCUT2D eigenvalue weighted by Gasteiger charge is -2.00. The highest BCUT2D eigenvalue weighted by atomic mass is 32.1. The van der Waals surface area contributed by atoms with Crippen molar-refractivity contribution in [3.8, 4) is 0 Å². The van der Waals surface area contributed by atoms with Crippen molar-refractivity contribution in [1.82, 2.24) is 14.8 Å². The molecule has 2 aromatic rings. The molecule has 74 valence electrons. The van der Waals surface area contributed by atoms with E-state index in [1.807, 2.05) is 0 Å². The van der Waals surface area contributed by atoms with Gasteiger partial charge >= 0.3 is 0 Å². The number of hydrogen-bond donors (Lipinski definition) is 1. The largest absolute Gasteiger partial charge is 0.358 e. The van der Waals surface area contributed by atoms with Crippen LogP contribution < -0.4 is 5.32 Å². The van der Waals surface area contributed by atoms with Crippen molar-refractivity contribution in [1.29, 1.82) is 0 Å². The SMILES string of the molecule is Cc1ccsc1CCNc1nnns1. The Kier molecular flexibility index (Phi) is 3.05. The molecule has 0 aromatic carbocycles. The van der Waals surface area contributed by atoms with Crippen molar-refractivity contribution in [2.45, 2.75) is 13.3 Å². The van der Waals surface area contributed by atoms with Gasteiger partial charge in [-0.2, -0.15) is 0 Å². The molecular formula is C8H10N4S2. The first kappa shape index (κ1) is 9.54. The molecule has 0 atom stereocenters. The molecule has 0 aliphatic carbocycles. The van der Waals surface area contributed by atoms with Crippen LogP contribution in [0.2, 0.25) is 0 Å². The van der Waals surface area contributed by atoms with Gasteiger partial charge in [0.25, 0.3) is 0 Å². The van der Waals surface area contributed by atoms with Gasteiger partial charge in [0.2, 0.25) is 5.13 Å². The number of nitrogens with one attached hydrogen (secondary N) is 1. The Hall–Kier alpha value is -1.01. The average Bonchev–Trinajstić information content (AvgIpc) is 2.78. The van der Waals surface area contributed by atoms with Crippen molar-refractivity contribution < 1.29 is 0 Å². The molecule has 0 bridgehead atoms. The van der Waals surface area contributed by atoms with E-state index < -0.39 is 0 Å². The van der Waals surface area contributed by atoms with Crippen LogP contribution in [0.25, 0.3) is 0 Å². The van der Waals surface area contributed by atoms with Crippen LogP contribution in [0, 0.1) is 6.92 Å². The second-order valence-electron chi connectivity index (χ2n) is 2.87. The van der Waals surface area contributed by atoms with Gasteiger partial charge in [-0.05, 0) is 35.6 Å². The molecule has 0 saturated carbocycles. The number of thiophene rings is 1. The van der Waals surface area contributed by atoms with Crippen LogP contribution in [0.15, 0.2) is 11.4 Å². The fourth-order valence-corrected chi connectivity index (χ4v) is 2.45. The quantitative estimate of drug-likeness (QED) is 0.866. The van der Waals surface area contributed by atoms with Gasteiger partial charge in [0.1, 0.15) is 0 Å². The maximum absolute atomic E-state index is 3.81. The highest BCUT2D eigenvalue weighted by Gasteiger charge is 2.00. The Morgan fingerprint density at radius 3 is 3.07 bits per heavy atom. The van der Waals surface area contributed by atoms with Crippen LogP contribution in [0.1, 0.15) is 10.4 Å². The highest BCUT2D eigenvalue weighted by Crippen LogP contribution is 2.16. The summed E-state index contributed by atoms with van der Waals surface area (Å²) in [5.74, 6) is 0. The summed E-state index contributed by atoms with van der Waals surface area (Å²) in [6, 6.07) is 2.15. The number of aryl methyl sites for hydroxylation is 1. The fraction of sp³-hybridized carbons (Fsp3) is 0.375. The predicted molar refractivity (Wildman–Crippen MR) is 59.0 cm³/mol. The number of nitrogens with zero attached hydrogens (tertiary/aromatic N) is 3. The lowest BCUT2D eigenvalue weighted by atomic mass is 10.2. The molecule has 4 nitrogen and oxygen atoms in total. The van der Waals surface area contributed by atoms with Crippen LogP contribution in [-0.4, -0.2) is 21.3 Å².